The topological polar surface area (TPSA) is 21.7 Å². The van der Waals surface area contributed by atoms with Gasteiger partial charge in [-0.05, 0) is 26.2 Å². The van der Waals surface area contributed by atoms with Gasteiger partial charge in [0, 0.05) is 26.3 Å². The number of hydrogen-bond acceptors (Lipinski definition) is 4. The summed E-state index contributed by atoms with van der Waals surface area (Å²) in [6.45, 7) is 9.26. The van der Waals surface area contributed by atoms with Crippen LogP contribution in [-0.2, 0) is 9.47 Å². The van der Waals surface area contributed by atoms with Crippen molar-refractivity contribution < 1.29 is 9.47 Å². The molecule has 0 spiro atoms. The summed E-state index contributed by atoms with van der Waals surface area (Å²) in [5.41, 5.74) is 0. The molecule has 0 aromatic carbocycles. The average molecular weight is 235 g/mol. The van der Waals surface area contributed by atoms with Crippen LogP contribution < -0.4 is 0 Å². The first-order valence-corrected chi connectivity index (χ1v) is 6.30. The van der Waals surface area contributed by atoms with Gasteiger partial charge in [0.2, 0.25) is 0 Å². The smallest absolute Gasteiger partial charge is 0.0700 e. The molecule has 0 heterocycles. The monoisotopic (exact) mass is 235 g/mol. The fourth-order valence-corrected chi connectivity index (χ4v) is 1.34. The molecule has 0 aliphatic rings. The molecule has 0 unspecified atom stereocenters. The Kier molecular flexibility index (Phi) is 12.5. The minimum atomic E-state index is 0.719. The summed E-state index contributed by atoms with van der Waals surface area (Å²) in [6, 6.07) is 0. The van der Waals surface area contributed by atoms with Crippen LogP contribution in [0.4, 0.5) is 0 Å². The quantitative estimate of drug-likeness (QED) is 0.439. The van der Waals surface area contributed by atoms with Crippen molar-refractivity contribution in [3.8, 4) is 0 Å². The third-order valence-electron chi connectivity index (χ3n) is 2.15. The molecule has 0 fully saturated rings. The first kappa shape index (κ1) is 15.2. The van der Waals surface area contributed by atoms with Crippen LogP contribution in [0.15, 0.2) is 0 Å². The van der Waals surface area contributed by atoms with E-state index >= 15 is 0 Å². The van der Waals surface area contributed by atoms with E-state index in [-0.39, 0.29) is 0 Å². The molecule has 0 radical (unpaired) electrons. The van der Waals surface area contributed by atoms with E-state index in [2.05, 4.69) is 19.7 Å². The van der Waals surface area contributed by atoms with Crippen LogP contribution >= 0.6 is 12.8 Å². The molecule has 92 valence electrons. The van der Waals surface area contributed by atoms with Crippen molar-refractivity contribution in [2.45, 2.75) is 33.1 Å². The molecule has 4 heteroatoms. The number of nitrogens with zero attached hydrogens (tertiary/aromatic N) is 1. The normalized spacial score (nSPS) is 11.2. The molecule has 0 saturated heterocycles. The van der Waals surface area contributed by atoms with Crippen LogP contribution in [0.3, 0.4) is 0 Å². The van der Waals surface area contributed by atoms with Gasteiger partial charge < -0.3 is 9.47 Å². The predicted octanol–water partition coefficient (Wildman–Crippen LogP) is 2.38. The first-order chi connectivity index (χ1) is 7.31. The van der Waals surface area contributed by atoms with Crippen LogP contribution in [0.2, 0.25) is 0 Å². The molecule has 0 N–H and O–H groups in total. The molecule has 0 amide bonds. The lowest BCUT2D eigenvalue weighted by Gasteiger charge is -2.11. The number of thiol groups is 1. The summed E-state index contributed by atoms with van der Waals surface area (Å²) >= 11 is 4.30. The lowest BCUT2D eigenvalue weighted by atomic mass is 10.2. The SMILES string of the molecule is CCOCCOCCCCCN(S)CC. The van der Waals surface area contributed by atoms with Crippen LogP contribution in [0.25, 0.3) is 0 Å². The maximum absolute atomic E-state index is 5.41. The standard InChI is InChI=1S/C11H25NO2S/c1-3-12(15)8-6-5-7-9-14-11-10-13-4-2/h15H,3-11H2,1-2H3. The van der Waals surface area contributed by atoms with Gasteiger partial charge in [-0.2, -0.15) is 0 Å². The van der Waals surface area contributed by atoms with E-state index in [1.54, 1.807) is 0 Å². The molecule has 0 saturated carbocycles. The van der Waals surface area contributed by atoms with E-state index < -0.39 is 0 Å². The minimum absolute atomic E-state index is 0.719. The second-order valence-corrected chi connectivity index (χ2v) is 3.98. The molecule has 0 aliphatic heterocycles. The van der Waals surface area contributed by atoms with Gasteiger partial charge in [-0.1, -0.05) is 19.7 Å². The third-order valence-corrected chi connectivity index (χ3v) is 2.63. The number of unbranched alkanes of at least 4 members (excludes halogenated alkanes) is 2. The van der Waals surface area contributed by atoms with E-state index in [1.165, 1.54) is 12.8 Å². The van der Waals surface area contributed by atoms with Gasteiger partial charge in [0.05, 0.1) is 13.2 Å². The van der Waals surface area contributed by atoms with E-state index in [4.69, 9.17) is 9.47 Å². The summed E-state index contributed by atoms with van der Waals surface area (Å²) in [5, 5.41) is 0. The van der Waals surface area contributed by atoms with Crippen molar-refractivity contribution in [3.05, 3.63) is 0 Å². The third kappa shape index (κ3) is 12.2. The highest BCUT2D eigenvalue weighted by molar-refractivity contribution is 7.77. The molecule has 0 aliphatic carbocycles. The fourth-order valence-electron chi connectivity index (χ4n) is 1.20. The zero-order chi connectivity index (χ0) is 11.4. The second kappa shape index (κ2) is 12.3. The molecule has 0 aromatic heterocycles. The van der Waals surface area contributed by atoms with Crippen LogP contribution in [0.5, 0.6) is 0 Å². The Morgan fingerprint density at radius 3 is 2.33 bits per heavy atom. The number of hydrogen-bond donors (Lipinski definition) is 1. The molecule has 0 atom stereocenters. The molecule has 15 heavy (non-hydrogen) atoms. The van der Waals surface area contributed by atoms with Gasteiger partial charge in [-0.15, -0.1) is 0 Å². The molecular weight excluding hydrogens is 210 g/mol. The highest BCUT2D eigenvalue weighted by atomic mass is 32.1. The molecule has 3 nitrogen and oxygen atoms in total. The summed E-state index contributed by atoms with van der Waals surface area (Å²) in [7, 11) is 0. The Labute approximate surface area is 99.7 Å². The van der Waals surface area contributed by atoms with Crippen molar-refractivity contribution in [2.75, 3.05) is 39.5 Å². The highest BCUT2D eigenvalue weighted by Gasteiger charge is 1.95. The zero-order valence-corrected chi connectivity index (χ0v) is 11.0. The van der Waals surface area contributed by atoms with E-state index in [0.717, 1.165) is 45.9 Å². The van der Waals surface area contributed by atoms with Crippen molar-refractivity contribution in [1.29, 1.82) is 0 Å². The van der Waals surface area contributed by atoms with Crippen LogP contribution in [0.1, 0.15) is 33.1 Å². The van der Waals surface area contributed by atoms with Crippen molar-refractivity contribution >= 4 is 12.8 Å². The Hall–Kier alpha value is 0.230. The van der Waals surface area contributed by atoms with Gasteiger partial charge in [-0.25, -0.2) is 0 Å². The van der Waals surface area contributed by atoms with Gasteiger partial charge >= 0.3 is 0 Å². The predicted molar refractivity (Wildman–Crippen MR) is 67.4 cm³/mol. The maximum Gasteiger partial charge on any atom is 0.0700 e. The summed E-state index contributed by atoms with van der Waals surface area (Å²) < 4.78 is 12.6. The molecular formula is C11H25NO2S. The van der Waals surface area contributed by atoms with E-state index in [1.807, 2.05) is 11.2 Å². The lowest BCUT2D eigenvalue weighted by molar-refractivity contribution is 0.0512. The van der Waals surface area contributed by atoms with E-state index in [0.29, 0.717) is 0 Å². The fraction of sp³-hybridized carbons (Fsp3) is 1.00. The Morgan fingerprint density at radius 2 is 1.67 bits per heavy atom. The molecule has 0 rings (SSSR count). The van der Waals surface area contributed by atoms with Crippen molar-refractivity contribution in [1.82, 2.24) is 4.31 Å². The second-order valence-electron chi connectivity index (χ2n) is 3.42. The van der Waals surface area contributed by atoms with Gasteiger partial charge in [0.1, 0.15) is 0 Å². The van der Waals surface area contributed by atoms with Crippen LogP contribution in [0, 0.1) is 0 Å². The zero-order valence-electron chi connectivity index (χ0n) is 10.1. The first-order valence-electron chi connectivity index (χ1n) is 5.90. The summed E-state index contributed by atoms with van der Waals surface area (Å²) in [5.74, 6) is 0. The Bertz CT molecular complexity index is 125. The summed E-state index contributed by atoms with van der Waals surface area (Å²) in [6.07, 6.45) is 3.55. The minimum Gasteiger partial charge on any atom is -0.379 e. The number of ether oxygens (including phenoxy) is 2. The van der Waals surface area contributed by atoms with Crippen LogP contribution in [-0.4, -0.2) is 43.8 Å². The van der Waals surface area contributed by atoms with Gasteiger partial charge in [0.25, 0.3) is 0 Å². The van der Waals surface area contributed by atoms with E-state index in [9.17, 15) is 0 Å². The lowest BCUT2D eigenvalue weighted by Crippen LogP contribution is -2.12. The summed E-state index contributed by atoms with van der Waals surface area (Å²) in [4.78, 5) is 0. The Balaban J connectivity index is 2.92. The average Bonchev–Trinajstić information content (AvgIpc) is 2.26. The maximum atomic E-state index is 5.41. The largest absolute Gasteiger partial charge is 0.379 e. The highest BCUT2D eigenvalue weighted by Crippen LogP contribution is 2.00. The van der Waals surface area contributed by atoms with Crippen molar-refractivity contribution in [3.63, 3.8) is 0 Å². The van der Waals surface area contributed by atoms with Gasteiger partial charge in [-0.3, -0.25) is 4.31 Å². The Morgan fingerprint density at radius 1 is 0.933 bits per heavy atom. The van der Waals surface area contributed by atoms with Crippen molar-refractivity contribution in [2.24, 2.45) is 0 Å². The molecule has 0 bridgehead atoms. The number of rotatable bonds is 11. The molecule has 0 aromatic rings. The van der Waals surface area contributed by atoms with Gasteiger partial charge in [0.15, 0.2) is 0 Å².